The molecule has 0 amide bonds. The number of rotatable bonds is 8. The van der Waals surface area contributed by atoms with E-state index in [1.54, 1.807) is 18.2 Å². The number of hydrogen-bond acceptors (Lipinski definition) is 4. The van der Waals surface area contributed by atoms with Crippen molar-refractivity contribution >= 4 is 11.9 Å². The van der Waals surface area contributed by atoms with E-state index < -0.39 is 11.9 Å². The number of benzene rings is 1. The number of carboxylic acid groups (broad SMARTS) is 1. The van der Waals surface area contributed by atoms with Gasteiger partial charge in [-0.15, -0.1) is 0 Å². The van der Waals surface area contributed by atoms with Crippen LogP contribution in [0.2, 0.25) is 0 Å². The lowest BCUT2D eigenvalue weighted by Crippen LogP contribution is -2.06. The van der Waals surface area contributed by atoms with Crippen LogP contribution in [0.25, 0.3) is 0 Å². The van der Waals surface area contributed by atoms with Crippen molar-refractivity contribution in [1.82, 2.24) is 0 Å². The van der Waals surface area contributed by atoms with Crippen LogP contribution in [0.4, 0.5) is 0 Å². The first-order chi connectivity index (χ1) is 9.15. The number of hydrogen-bond donors (Lipinski definition) is 1. The highest BCUT2D eigenvalue weighted by molar-refractivity contribution is 5.90. The number of carboxylic acids is 1. The van der Waals surface area contributed by atoms with Crippen molar-refractivity contribution < 1.29 is 24.2 Å². The molecule has 0 radical (unpaired) electrons. The molecule has 19 heavy (non-hydrogen) atoms. The molecule has 5 heteroatoms. The second-order valence-corrected chi connectivity index (χ2v) is 3.73. The molecule has 0 fully saturated rings. The van der Waals surface area contributed by atoms with Gasteiger partial charge in [0.1, 0.15) is 11.3 Å². The maximum Gasteiger partial charge on any atom is 0.339 e. The Morgan fingerprint density at radius 2 is 1.89 bits per heavy atom. The standard InChI is InChI=1S/C14H16O5/c1-2-13(15)19-10-6-5-9-18-12-8-4-3-7-11(12)14(16)17/h2-4,7-8H,1,5-6,9-10H2,(H,16,17). The fourth-order valence-corrected chi connectivity index (χ4v) is 1.39. The quantitative estimate of drug-likeness (QED) is 0.443. The molecule has 1 rings (SSSR count). The van der Waals surface area contributed by atoms with Gasteiger partial charge >= 0.3 is 11.9 Å². The van der Waals surface area contributed by atoms with Gasteiger partial charge in [0.05, 0.1) is 13.2 Å². The summed E-state index contributed by atoms with van der Waals surface area (Å²) in [6.45, 7) is 3.96. The molecular formula is C14H16O5. The maximum atomic E-state index is 10.9. The van der Waals surface area contributed by atoms with Gasteiger partial charge in [0, 0.05) is 6.08 Å². The predicted octanol–water partition coefficient (Wildman–Crippen LogP) is 2.27. The van der Waals surface area contributed by atoms with Crippen molar-refractivity contribution in [3.8, 4) is 5.75 Å². The molecule has 0 aromatic heterocycles. The molecule has 0 spiro atoms. The van der Waals surface area contributed by atoms with Crippen molar-refractivity contribution in [2.45, 2.75) is 12.8 Å². The van der Waals surface area contributed by atoms with E-state index in [-0.39, 0.29) is 5.56 Å². The van der Waals surface area contributed by atoms with Crippen molar-refractivity contribution in [2.75, 3.05) is 13.2 Å². The highest BCUT2D eigenvalue weighted by atomic mass is 16.5. The summed E-state index contributed by atoms with van der Waals surface area (Å²) < 4.78 is 10.2. The molecule has 1 aromatic rings. The third-order valence-electron chi connectivity index (χ3n) is 2.32. The number of unbranched alkanes of at least 4 members (excludes halogenated alkanes) is 1. The van der Waals surface area contributed by atoms with Crippen LogP contribution in [0.3, 0.4) is 0 Å². The molecule has 0 bridgehead atoms. The first kappa shape index (κ1) is 14.8. The molecule has 0 saturated heterocycles. The van der Waals surface area contributed by atoms with Gasteiger partial charge in [-0.3, -0.25) is 0 Å². The van der Waals surface area contributed by atoms with Crippen LogP contribution in [-0.2, 0) is 9.53 Å². The number of aromatic carboxylic acids is 1. The first-order valence-electron chi connectivity index (χ1n) is 5.89. The Labute approximate surface area is 111 Å². The Morgan fingerprint density at radius 3 is 2.58 bits per heavy atom. The fourth-order valence-electron chi connectivity index (χ4n) is 1.39. The van der Waals surface area contributed by atoms with E-state index in [0.29, 0.717) is 31.8 Å². The summed E-state index contributed by atoms with van der Waals surface area (Å²) in [7, 11) is 0. The predicted molar refractivity (Wildman–Crippen MR) is 69.3 cm³/mol. The zero-order chi connectivity index (χ0) is 14.1. The molecule has 0 atom stereocenters. The van der Waals surface area contributed by atoms with Crippen molar-refractivity contribution in [1.29, 1.82) is 0 Å². The van der Waals surface area contributed by atoms with Gasteiger partial charge in [0.2, 0.25) is 0 Å². The minimum atomic E-state index is -1.02. The molecule has 0 saturated carbocycles. The average Bonchev–Trinajstić information content (AvgIpc) is 2.42. The Bertz CT molecular complexity index is 453. The summed E-state index contributed by atoms with van der Waals surface area (Å²) in [6.07, 6.45) is 2.42. The molecule has 0 aliphatic heterocycles. The third kappa shape index (κ3) is 5.25. The van der Waals surface area contributed by atoms with Gasteiger partial charge in [-0.2, -0.15) is 0 Å². The first-order valence-corrected chi connectivity index (χ1v) is 5.89. The minimum absolute atomic E-state index is 0.139. The zero-order valence-electron chi connectivity index (χ0n) is 10.5. The SMILES string of the molecule is C=CC(=O)OCCCCOc1ccccc1C(=O)O. The van der Waals surface area contributed by atoms with Crippen molar-refractivity contribution in [2.24, 2.45) is 0 Å². The Morgan fingerprint density at radius 1 is 1.21 bits per heavy atom. The van der Waals surface area contributed by atoms with Crippen LogP contribution in [0, 0.1) is 0 Å². The molecule has 1 N–H and O–H groups in total. The fraction of sp³-hybridized carbons (Fsp3) is 0.286. The van der Waals surface area contributed by atoms with Gasteiger partial charge in [0.15, 0.2) is 0 Å². The lowest BCUT2D eigenvalue weighted by Gasteiger charge is -2.08. The van der Waals surface area contributed by atoms with Crippen LogP contribution in [0.1, 0.15) is 23.2 Å². The van der Waals surface area contributed by atoms with E-state index in [9.17, 15) is 9.59 Å². The summed E-state index contributed by atoms with van der Waals surface area (Å²) in [5.74, 6) is -1.12. The maximum absolute atomic E-state index is 10.9. The van der Waals surface area contributed by atoms with Crippen LogP contribution in [0.5, 0.6) is 5.75 Å². The highest BCUT2D eigenvalue weighted by Crippen LogP contribution is 2.17. The van der Waals surface area contributed by atoms with E-state index in [2.05, 4.69) is 6.58 Å². The summed E-state index contributed by atoms with van der Waals surface area (Å²) in [6, 6.07) is 6.46. The second-order valence-electron chi connectivity index (χ2n) is 3.73. The Hall–Kier alpha value is -2.30. The minimum Gasteiger partial charge on any atom is -0.493 e. The normalized spacial score (nSPS) is 9.68. The topological polar surface area (TPSA) is 72.8 Å². The summed E-state index contributed by atoms with van der Waals surface area (Å²) in [4.78, 5) is 21.7. The van der Waals surface area contributed by atoms with Crippen molar-refractivity contribution in [3.05, 3.63) is 42.5 Å². The molecule has 1 aromatic carbocycles. The smallest absolute Gasteiger partial charge is 0.339 e. The Kier molecular flexibility index (Phi) is 6.15. The van der Waals surface area contributed by atoms with E-state index in [0.717, 1.165) is 6.08 Å². The van der Waals surface area contributed by atoms with Crippen molar-refractivity contribution in [3.63, 3.8) is 0 Å². The van der Waals surface area contributed by atoms with E-state index in [4.69, 9.17) is 14.6 Å². The molecule has 5 nitrogen and oxygen atoms in total. The highest BCUT2D eigenvalue weighted by Gasteiger charge is 2.09. The lowest BCUT2D eigenvalue weighted by molar-refractivity contribution is -0.137. The lowest BCUT2D eigenvalue weighted by atomic mass is 10.2. The number of para-hydroxylation sites is 1. The molecule has 102 valence electrons. The summed E-state index contributed by atoms with van der Waals surface area (Å²) in [5, 5.41) is 8.95. The zero-order valence-corrected chi connectivity index (χ0v) is 10.5. The molecule has 0 aliphatic rings. The van der Waals surface area contributed by atoms with Gasteiger partial charge in [0.25, 0.3) is 0 Å². The molecule has 0 aliphatic carbocycles. The second kappa shape index (κ2) is 7.92. The van der Waals surface area contributed by atoms with Crippen LogP contribution in [-0.4, -0.2) is 30.3 Å². The third-order valence-corrected chi connectivity index (χ3v) is 2.32. The summed E-state index contributed by atoms with van der Waals surface area (Å²) >= 11 is 0. The van der Waals surface area contributed by atoms with E-state index in [1.807, 2.05) is 0 Å². The van der Waals surface area contributed by atoms with Gasteiger partial charge in [-0.05, 0) is 25.0 Å². The van der Waals surface area contributed by atoms with Gasteiger partial charge in [-0.1, -0.05) is 18.7 Å². The van der Waals surface area contributed by atoms with Crippen LogP contribution < -0.4 is 4.74 Å². The molecular weight excluding hydrogens is 248 g/mol. The summed E-state index contributed by atoms with van der Waals surface area (Å²) in [5.41, 5.74) is 0.139. The largest absolute Gasteiger partial charge is 0.493 e. The van der Waals surface area contributed by atoms with E-state index in [1.165, 1.54) is 6.07 Å². The van der Waals surface area contributed by atoms with E-state index >= 15 is 0 Å². The molecule has 0 unspecified atom stereocenters. The number of ether oxygens (including phenoxy) is 2. The number of carbonyl (C=O) groups is 2. The Balaban J connectivity index is 2.28. The monoisotopic (exact) mass is 264 g/mol. The number of esters is 1. The van der Waals surface area contributed by atoms with Gasteiger partial charge < -0.3 is 14.6 Å². The van der Waals surface area contributed by atoms with Gasteiger partial charge in [-0.25, -0.2) is 9.59 Å². The average molecular weight is 264 g/mol. The van der Waals surface area contributed by atoms with Crippen LogP contribution >= 0.6 is 0 Å². The molecule has 0 heterocycles. The van der Waals surface area contributed by atoms with Crippen LogP contribution in [0.15, 0.2) is 36.9 Å². The number of carbonyl (C=O) groups excluding carboxylic acids is 1.